The highest BCUT2D eigenvalue weighted by atomic mass is 19.1. The molecule has 6 heteroatoms. The molecule has 25 heavy (non-hydrogen) atoms. The van der Waals surface area contributed by atoms with E-state index in [1.165, 1.54) is 19.2 Å². The normalized spacial score (nSPS) is 10.6. The summed E-state index contributed by atoms with van der Waals surface area (Å²) < 4.78 is 37.5. The molecular formula is C19H21F2NO3. The number of carbonyl (C=O) groups excluding carboxylic acids is 1. The van der Waals surface area contributed by atoms with E-state index in [9.17, 15) is 13.6 Å². The van der Waals surface area contributed by atoms with Gasteiger partial charge in [0.05, 0.1) is 19.4 Å². The standard InChI is InChI=1S/C19H21F2NO3/c1-12(2)8-9-25-17-7-4-13(10-18(17)24-3)19(23)22-16-6-5-14(20)11-15(16)21/h4-7,10-12H,8-9H2,1-3H3,(H,22,23). The molecule has 0 spiro atoms. The molecule has 0 fully saturated rings. The number of halogens is 2. The Kier molecular flexibility index (Phi) is 6.33. The lowest BCUT2D eigenvalue weighted by atomic mass is 10.1. The Balaban J connectivity index is 2.11. The van der Waals surface area contributed by atoms with Crippen LogP contribution in [0.2, 0.25) is 0 Å². The van der Waals surface area contributed by atoms with Gasteiger partial charge in [-0.05, 0) is 42.7 Å². The maximum atomic E-state index is 13.6. The molecule has 2 rings (SSSR count). The first-order valence-electron chi connectivity index (χ1n) is 7.98. The van der Waals surface area contributed by atoms with Gasteiger partial charge in [-0.2, -0.15) is 0 Å². The highest BCUT2D eigenvalue weighted by Crippen LogP contribution is 2.29. The van der Waals surface area contributed by atoms with Gasteiger partial charge in [0, 0.05) is 11.6 Å². The number of anilines is 1. The van der Waals surface area contributed by atoms with Gasteiger partial charge in [-0.15, -0.1) is 0 Å². The Morgan fingerprint density at radius 1 is 1.12 bits per heavy atom. The average Bonchev–Trinajstić information content (AvgIpc) is 2.57. The van der Waals surface area contributed by atoms with E-state index in [2.05, 4.69) is 19.2 Å². The second kappa shape index (κ2) is 8.46. The average molecular weight is 349 g/mol. The summed E-state index contributed by atoms with van der Waals surface area (Å²) in [6, 6.07) is 7.66. The van der Waals surface area contributed by atoms with Gasteiger partial charge in [-0.1, -0.05) is 13.8 Å². The van der Waals surface area contributed by atoms with Gasteiger partial charge in [-0.3, -0.25) is 4.79 Å². The van der Waals surface area contributed by atoms with Gasteiger partial charge in [0.2, 0.25) is 0 Å². The Morgan fingerprint density at radius 3 is 2.52 bits per heavy atom. The van der Waals surface area contributed by atoms with E-state index in [1.54, 1.807) is 12.1 Å². The molecule has 0 saturated heterocycles. The van der Waals surface area contributed by atoms with Crippen molar-refractivity contribution in [1.29, 1.82) is 0 Å². The zero-order valence-electron chi connectivity index (χ0n) is 14.4. The molecule has 134 valence electrons. The number of benzene rings is 2. The first kappa shape index (κ1) is 18.7. The maximum absolute atomic E-state index is 13.6. The van der Waals surface area contributed by atoms with Crippen molar-refractivity contribution in [2.24, 2.45) is 5.92 Å². The monoisotopic (exact) mass is 349 g/mol. The predicted octanol–water partition coefficient (Wildman–Crippen LogP) is 4.65. The topological polar surface area (TPSA) is 47.6 Å². The van der Waals surface area contributed by atoms with Gasteiger partial charge >= 0.3 is 0 Å². The molecule has 0 atom stereocenters. The van der Waals surface area contributed by atoms with Crippen molar-refractivity contribution >= 4 is 11.6 Å². The first-order valence-corrected chi connectivity index (χ1v) is 7.98. The van der Waals surface area contributed by atoms with Crippen LogP contribution in [-0.2, 0) is 0 Å². The van der Waals surface area contributed by atoms with Crippen LogP contribution in [0.4, 0.5) is 14.5 Å². The number of carbonyl (C=O) groups is 1. The van der Waals surface area contributed by atoms with E-state index in [-0.39, 0.29) is 11.3 Å². The number of hydrogen-bond donors (Lipinski definition) is 1. The molecule has 0 aliphatic carbocycles. The summed E-state index contributed by atoms with van der Waals surface area (Å²) in [5, 5.41) is 2.41. The van der Waals surface area contributed by atoms with Crippen molar-refractivity contribution in [3.8, 4) is 11.5 Å². The van der Waals surface area contributed by atoms with Crippen LogP contribution in [-0.4, -0.2) is 19.6 Å². The third-order valence-electron chi connectivity index (χ3n) is 3.56. The maximum Gasteiger partial charge on any atom is 0.255 e. The second-order valence-corrected chi connectivity index (χ2v) is 5.97. The van der Waals surface area contributed by atoms with Crippen LogP contribution in [0.3, 0.4) is 0 Å². The van der Waals surface area contributed by atoms with E-state index in [1.807, 2.05) is 0 Å². The van der Waals surface area contributed by atoms with Crippen molar-refractivity contribution < 1.29 is 23.0 Å². The molecule has 0 aromatic heterocycles. The number of amides is 1. The lowest BCUT2D eigenvalue weighted by Crippen LogP contribution is -2.13. The highest BCUT2D eigenvalue weighted by molar-refractivity contribution is 6.04. The van der Waals surface area contributed by atoms with Gasteiger partial charge < -0.3 is 14.8 Å². The van der Waals surface area contributed by atoms with Crippen molar-refractivity contribution in [1.82, 2.24) is 0 Å². The number of methoxy groups -OCH3 is 1. The number of rotatable bonds is 7. The van der Waals surface area contributed by atoms with E-state index < -0.39 is 17.5 Å². The molecule has 0 bridgehead atoms. The summed E-state index contributed by atoms with van der Waals surface area (Å²) in [6.07, 6.45) is 0.898. The number of ether oxygens (including phenoxy) is 2. The largest absolute Gasteiger partial charge is 0.493 e. The molecule has 2 aromatic carbocycles. The quantitative estimate of drug-likeness (QED) is 0.791. The van der Waals surface area contributed by atoms with E-state index in [0.29, 0.717) is 30.1 Å². The minimum atomic E-state index is -0.839. The molecule has 0 saturated carbocycles. The minimum absolute atomic E-state index is 0.0948. The van der Waals surface area contributed by atoms with Crippen LogP contribution in [0.25, 0.3) is 0 Å². The van der Waals surface area contributed by atoms with Crippen LogP contribution in [0.5, 0.6) is 11.5 Å². The molecule has 0 unspecified atom stereocenters. The third kappa shape index (κ3) is 5.17. The fourth-order valence-corrected chi connectivity index (χ4v) is 2.12. The van der Waals surface area contributed by atoms with Gasteiger partial charge in [0.1, 0.15) is 11.6 Å². The summed E-state index contributed by atoms with van der Waals surface area (Å²) in [4.78, 5) is 12.3. The van der Waals surface area contributed by atoms with Crippen LogP contribution in [0, 0.1) is 17.6 Å². The summed E-state index contributed by atoms with van der Waals surface area (Å²) >= 11 is 0. The highest BCUT2D eigenvalue weighted by Gasteiger charge is 2.13. The summed E-state index contributed by atoms with van der Waals surface area (Å²) in [7, 11) is 1.48. The molecule has 1 N–H and O–H groups in total. The van der Waals surface area contributed by atoms with Crippen molar-refractivity contribution in [2.45, 2.75) is 20.3 Å². The summed E-state index contributed by atoms with van der Waals surface area (Å²) in [6.45, 7) is 4.74. The lowest BCUT2D eigenvalue weighted by molar-refractivity contribution is 0.102. The van der Waals surface area contributed by atoms with E-state index in [4.69, 9.17) is 9.47 Å². The van der Waals surface area contributed by atoms with Crippen molar-refractivity contribution in [2.75, 3.05) is 19.0 Å². The predicted molar refractivity (Wildman–Crippen MR) is 92.3 cm³/mol. The van der Waals surface area contributed by atoms with Crippen LogP contribution < -0.4 is 14.8 Å². The fourth-order valence-electron chi connectivity index (χ4n) is 2.12. The smallest absolute Gasteiger partial charge is 0.255 e. The molecule has 0 aliphatic heterocycles. The van der Waals surface area contributed by atoms with E-state index >= 15 is 0 Å². The zero-order chi connectivity index (χ0) is 18.4. The molecule has 2 aromatic rings. The Bertz CT molecular complexity index is 747. The third-order valence-corrected chi connectivity index (χ3v) is 3.56. The van der Waals surface area contributed by atoms with Crippen LogP contribution in [0.15, 0.2) is 36.4 Å². The second-order valence-electron chi connectivity index (χ2n) is 5.97. The fraction of sp³-hybridized carbons (Fsp3) is 0.316. The van der Waals surface area contributed by atoms with Crippen molar-refractivity contribution in [3.05, 3.63) is 53.6 Å². The molecular weight excluding hydrogens is 328 g/mol. The number of hydrogen-bond acceptors (Lipinski definition) is 3. The van der Waals surface area contributed by atoms with Crippen LogP contribution in [0.1, 0.15) is 30.6 Å². The summed E-state index contributed by atoms with van der Waals surface area (Å²) in [5.41, 5.74) is 0.180. The Hall–Kier alpha value is -2.63. The Labute approximate surface area is 145 Å². The van der Waals surface area contributed by atoms with Crippen LogP contribution >= 0.6 is 0 Å². The van der Waals surface area contributed by atoms with E-state index in [0.717, 1.165) is 12.5 Å². The molecule has 0 radical (unpaired) electrons. The summed E-state index contributed by atoms with van der Waals surface area (Å²) in [5.74, 6) is -0.614. The lowest BCUT2D eigenvalue weighted by Gasteiger charge is -2.13. The van der Waals surface area contributed by atoms with Crippen molar-refractivity contribution in [3.63, 3.8) is 0 Å². The zero-order valence-corrected chi connectivity index (χ0v) is 14.4. The molecule has 4 nitrogen and oxygen atoms in total. The number of nitrogens with one attached hydrogen (secondary N) is 1. The SMILES string of the molecule is COc1cc(C(=O)Nc2ccc(F)cc2F)ccc1OCCC(C)C. The van der Waals surface area contributed by atoms with Gasteiger partial charge in [0.25, 0.3) is 5.91 Å². The van der Waals surface area contributed by atoms with Gasteiger partial charge in [0.15, 0.2) is 11.5 Å². The molecule has 0 heterocycles. The Morgan fingerprint density at radius 2 is 1.88 bits per heavy atom. The molecule has 0 aliphatic rings. The first-order chi connectivity index (χ1) is 11.9. The molecule has 1 amide bonds. The van der Waals surface area contributed by atoms with Gasteiger partial charge in [-0.25, -0.2) is 8.78 Å². The minimum Gasteiger partial charge on any atom is -0.493 e.